The van der Waals surface area contributed by atoms with Gasteiger partial charge in [-0.15, -0.1) is 10.2 Å². The van der Waals surface area contributed by atoms with Gasteiger partial charge in [-0.1, -0.05) is 29.5 Å². The van der Waals surface area contributed by atoms with Crippen LogP contribution in [0.4, 0.5) is 4.79 Å². The van der Waals surface area contributed by atoms with Crippen molar-refractivity contribution in [2.75, 3.05) is 5.75 Å². The Bertz CT molecular complexity index is 700. The Morgan fingerprint density at radius 3 is 2.78 bits per heavy atom. The molecular formula is C15H18N4O3S. The Balaban J connectivity index is 1.87. The summed E-state index contributed by atoms with van der Waals surface area (Å²) in [6.07, 6.45) is 0. The highest BCUT2D eigenvalue weighted by Crippen LogP contribution is 2.23. The van der Waals surface area contributed by atoms with Crippen LogP contribution in [0.3, 0.4) is 0 Å². The fraction of sp³-hybridized carbons (Fsp3) is 0.333. The first kappa shape index (κ1) is 17.0. The quantitative estimate of drug-likeness (QED) is 0.815. The monoisotopic (exact) mass is 334 g/mol. The van der Waals surface area contributed by atoms with Crippen molar-refractivity contribution < 1.29 is 14.0 Å². The number of aryl methyl sites for hydroxylation is 1. The minimum absolute atomic E-state index is 0.0148. The molecule has 0 aliphatic carbocycles. The SMILES string of the molecule is Cc1cccc(-c2nnc(SCC(=O)NC(=O)NC(C)C)o2)c1. The van der Waals surface area contributed by atoms with Crippen LogP contribution < -0.4 is 10.6 Å². The number of hydrogen-bond acceptors (Lipinski definition) is 6. The molecule has 0 fully saturated rings. The number of rotatable bonds is 5. The second-order valence-electron chi connectivity index (χ2n) is 5.21. The zero-order chi connectivity index (χ0) is 16.8. The molecule has 0 spiro atoms. The summed E-state index contributed by atoms with van der Waals surface area (Å²) in [5.74, 6) is -0.0151. The molecule has 0 unspecified atom stereocenters. The summed E-state index contributed by atoms with van der Waals surface area (Å²) in [4.78, 5) is 23.0. The van der Waals surface area contributed by atoms with Crippen LogP contribution in [-0.2, 0) is 4.79 Å². The van der Waals surface area contributed by atoms with Crippen molar-refractivity contribution in [3.63, 3.8) is 0 Å². The molecule has 2 N–H and O–H groups in total. The Morgan fingerprint density at radius 2 is 2.09 bits per heavy atom. The third-order valence-electron chi connectivity index (χ3n) is 2.67. The lowest BCUT2D eigenvalue weighted by Crippen LogP contribution is -2.43. The van der Waals surface area contributed by atoms with E-state index in [1.54, 1.807) is 0 Å². The maximum absolute atomic E-state index is 11.6. The normalized spacial score (nSPS) is 10.6. The largest absolute Gasteiger partial charge is 0.411 e. The van der Waals surface area contributed by atoms with Crippen LogP contribution in [0.15, 0.2) is 33.9 Å². The first-order valence-electron chi connectivity index (χ1n) is 7.07. The van der Waals surface area contributed by atoms with E-state index < -0.39 is 11.9 Å². The number of aromatic nitrogens is 2. The molecule has 1 heterocycles. The van der Waals surface area contributed by atoms with E-state index in [9.17, 15) is 9.59 Å². The van der Waals surface area contributed by atoms with E-state index in [4.69, 9.17) is 4.42 Å². The molecule has 3 amide bonds. The zero-order valence-corrected chi connectivity index (χ0v) is 13.9. The number of carbonyl (C=O) groups is 2. The number of urea groups is 1. The lowest BCUT2D eigenvalue weighted by Gasteiger charge is -2.08. The van der Waals surface area contributed by atoms with Gasteiger partial charge in [-0.05, 0) is 32.9 Å². The van der Waals surface area contributed by atoms with E-state index in [-0.39, 0.29) is 17.0 Å². The molecule has 0 atom stereocenters. The highest BCUT2D eigenvalue weighted by atomic mass is 32.2. The van der Waals surface area contributed by atoms with Gasteiger partial charge in [-0.25, -0.2) is 4.79 Å². The van der Waals surface area contributed by atoms with E-state index in [1.165, 1.54) is 0 Å². The maximum atomic E-state index is 11.6. The van der Waals surface area contributed by atoms with Crippen LogP contribution in [0.1, 0.15) is 19.4 Å². The highest BCUT2D eigenvalue weighted by molar-refractivity contribution is 7.99. The van der Waals surface area contributed by atoms with Crippen LogP contribution in [0.2, 0.25) is 0 Å². The van der Waals surface area contributed by atoms with Gasteiger partial charge in [0, 0.05) is 11.6 Å². The Morgan fingerprint density at radius 1 is 1.30 bits per heavy atom. The predicted octanol–water partition coefficient (Wildman–Crippen LogP) is 2.37. The Kier molecular flexibility index (Phi) is 5.75. The lowest BCUT2D eigenvalue weighted by atomic mass is 10.1. The van der Waals surface area contributed by atoms with Crippen molar-refractivity contribution >= 4 is 23.7 Å². The van der Waals surface area contributed by atoms with Crippen molar-refractivity contribution in [3.05, 3.63) is 29.8 Å². The van der Waals surface area contributed by atoms with E-state index in [0.29, 0.717) is 5.89 Å². The topological polar surface area (TPSA) is 97.1 Å². The number of hydrogen-bond donors (Lipinski definition) is 2. The number of amides is 3. The molecular weight excluding hydrogens is 316 g/mol. The Hall–Kier alpha value is -2.35. The summed E-state index contributed by atoms with van der Waals surface area (Å²) in [5, 5.41) is 12.9. The van der Waals surface area contributed by atoms with Gasteiger partial charge < -0.3 is 9.73 Å². The molecule has 1 aromatic heterocycles. The van der Waals surface area contributed by atoms with Crippen molar-refractivity contribution in [1.29, 1.82) is 0 Å². The molecule has 0 bridgehead atoms. The molecule has 8 heteroatoms. The van der Waals surface area contributed by atoms with Crippen LogP contribution >= 0.6 is 11.8 Å². The van der Waals surface area contributed by atoms with Gasteiger partial charge in [0.2, 0.25) is 11.8 Å². The minimum Gasteiger partial charge on any atom is -0.411 e. The van der Waals surface area contributed by atoms with Gasteiger partial charge in [-0.3, -0.25) is 10.1 Å². The molecule has 2 aromatic rings. The van der Waals surface area contributed by atoms with Gasteiger partial charge in [0.05, 0.1) is 5.75 Å². The number of nitrogens with zero attached hydrogens (tertiary/aromatic N) is 2. The van der Waals surface area contributed by atoms with Crippen LogP contribution in [0, 0.1) is 6.92 Å². The lowest BCUT2D eigenvalue weighted by molar-refractivity contribution is -0.117. The third kappa shape index (κ3) is 5.41. The average Bonchev–Trinajstić information content (AvgIpc) is 2.93. The molecule has 23 heavy (non-hydrogen) atoms. The summed E-state index contributed by atoms with van der Waals surface area (Å²) in [6, 6.07) is 7.13. The molecule has 2 rings (SSSR count). The third-order valence-corrected chi connectivity index (χ3v) is 3.49. The second-order valence-corrected chi connectivity index (χ2v) is 6.13. The van der Waals surface area contributed by atoms with Crippen molar-refractivity contribution in [2.45, 2.75) is 32.0 Å². The fourth-order valence-electron chi connectivity index (χ4n) is 1.75. The van der Waals surface area contributed by atoms with Gasteiger partial charge in [-0.2, -0.15) is 0 Å². The first-order valence-corrected chi connectivity index (χ1v) is 8.06. The van der Waals surface area contributed by atoms with Crippen molar-refractivity contribution in [3.8, 4) is 11.5 Å². The van der Waals surface area contributed by atoms with Crippen molar-refractivity contribution in [2.24, 2.45) is 0 Å². The number of carbonyl (C=O) groups excluding carboxylic acids is 2. The number of benzene rings is 1. The Labute approximate surface area is 138 Å². The van der Waals surface area contributed by atoms with E-state index in [1.807, 2.05) is 45.0 Å². The van der Waals surface area contributed by atoms with Crippen LogP contribution in [0.25, 0.3) is 11.5 Å². The molecule has 122 valence electrons. The zero-order valence-electron chi connectivity index (χ0n) is 13.1. The van der Waals surface area contributed by atoms with Gasteiger partial charge >= 0.3 is 6.03 Å². The average molecular weight is 334 g/mol. The van der Waals surface area contributed by atoms with E-state index >= 15 is 0 Å². The maximum Gasteiger partial charge on any atom is 0.321 e. The molecule has 1 aromatic carbocycles. The number of thioether (sulfide) groups is 1. The second kappa shape index (κ2) is 7.77. The van der Waals surface area contributed by atoms with Crippen LogP contribution in [0.5, 0.6) is 0 Å². The van der Waals surface area contributed by atoms with Crippen molar-refractivity contribution in [1.82, 2.24) is 20.8 Å². The van der Waals surface area contributed by atoms with Gasteiger partial charge in [0.25, 0.3) is 5.22 Å². The van der Waals surface area contributed by atoms with Gasteiger partial charge in [0.15, 0.2) is 0 Å². The molecule has 0 saturated carbocycles. The smallest absolute Gasteiger partial charge is 0.321 e. The van der Waals surface area contributed by atoms with E-state index in [2.05, 4.69) is 20.8 Å². The summed E-state index contributed by atoms with van der Waals surface area (Å²) in [7, 11) is 0. The number of imide groups is 1. The van der Waals surface area contributed by atoms with Crippen LogP contribution in [-0.4, -0.2) is 33.9 Å². The summed E-state index contributed by atoms with van der Waals surface area (Å²) < 4.78 is 5.50. The predicted molar refractivity (Wildman–Crippen MR) is 87.0 cm³/mol. The first-order chi connectivity index (χ1) is 10.9. The highest BCUT2D eigenvalue weighted by Gasteiger charge is 2.13. The molecule has 7 nitrogen and oxygen atoms in total. The molecule has 0 aliphatic heterocycles. The molecule has 0 saturated heterocycles. The van der Waals surface area contributed by atoms with Gasteiger partial charge in [0.1, 0.15) is 0 Å². The fourth-order valence-corrected chi connectivity index (χ4v) is 2.31. The molecule has 0 aliphatic rings. The minimum atomic E-state index is -0.517. The van der Waals surface area contributed by atoms with E-state index in [0.717, 1.165) is 22.9 Å². The summed E-state index contributed by atoms with van der Waals surface area (Å²) in [5.41, 5.74) is 1.91. The summed E-state index contributed by atoms with van der Waals surface area (Å²) >= 11 is 1.08. The standard InChI is InChI=1S/C15H18N4O3S/c1-9(2)16-14(21)17-12(20)8-23-15-19-18-13(22-15)11-6-4-5-10(3)7-11/h4-7,9H,8H2,1-3H3,(H2,16,17,20,21). The number of nitrogens with one attached hydrogen (secondary N) is 2. The molecule has 0 radical (unpaired) electrons. The summed E-state index contributed by atoms with van der Waals surface area (Å²) in [6.45, 7) is 5.59.